The highest BCUT2D eigenvalue weighted by atomic mass is 19.4. The summed E-state index contributed by atoms with van der Waals surface area (Å²) in [5.74, 6) is -1.28. The molecule has 0 unspecified atom stereocenters. The molecule has 0 heterocycles. The number of aliphatic imine (C=N–C) groups is 1. The van der Waals surface area contributed by atoms with E-state index in [4.69, 9.17) is 0 Å². The van der Waals surface area contributed by atoms with E-state index in [9.17, 15) is 17.6 Å². The third kappa shape index (κ3) is 3.32. The van der Waals surface area contributed by atoms with E-state index in [-0.39, 0.29) is 6.04 Å². The summed E-state index contributed by atoms with van der Waals surface area (Å²) in [7, 11) is 0. The van der Waals surface area contributed by atoms with Gasteiger partial charge in [-0.1, -0.05) is 6.07 Å². The van der Waals surface area contributed by atoms with Crippen LogP contribution in [0.5, 0.6) is 0 Å². The Morgan fingerprint density at radius 3 is 2.31 bits per heavy atom. The summed E-state index contributed by atoms with van der Waals surface area (Å²) in [5.41, 5.74) is -0.937. The molecule has 0 radical (unpaired) electrons. The quantitative estimate of drug-likeness (QED) is 0.546. The molecule has 0 bridgehead atoms. The molecule has 0 aliphatic heterocycles. The molecule has 1 aromatic carbocycles. The van der Waals surface area contributed by atoms with Gasteiger partial charge in [-0.3, -0.25) is 4.99 Å². The molecular formula is C11H11F4N. The molecule has 16 heavy (non-hydrogen) atoms. The first kappa shape index (κ1) is 12.7. The van der Waals surface area contributed by atoms with Crippen molar-refractivity contribution < 1.29 is 17.6 Å². The summed E-state index contributed by atoms with van der Waals surface area (Å²) in [6.07, 6.45) is -3.30. The second-order valence-electron chi connectivity index (χ2n) is 3.61. The molecule has 0 atom stereocenters. The Balaban J connectivity index is 3.00. The second-order valence-corrected chi connectivity index (χ2v) is 3.61. The highest BCUT2D eigenvalue weighted by molar-refractivity contribution is 5.79. The van der Waals surface area contributed by atoms with Crippen LogP contribution in [0.25, 0.3) is 0 Å². The molecule has 0 N–H and O–H groups in total. The van der Waals surface area contributed by atoms with Crippen LogP contribution in [-0.4, -0.2) is 12.3 Å². The number of rotatable bonds is 2. The molecule has 0 aliphatic rings. The molecule has 0 saturated carbocycles. The van der Waals surface area contributed by atoms with E-state index < -0.39 is 17.6 Å². The zero-order valence-corrected chi connectivity index (χ0v) is 8.85. The highest BCUT2D eigenvalue weighted by Crippen LogP contribution is 2.31. The molecule has 0 aliphatic carbocycles. The molecule has 1 rings (SSSR count). The fraction of sp³-hybridized carbons (Fsp3) is 0.364. The number of nitrogens with zero attached hydrogens (tertiary/aromatic N) is 1. The number of benzene rings is 1. The van der Waals surface area contributed by atoms with Gasteiger partial charge in [0.1, 0.15) is 5.82 Å². The van der Waals surface area contributed by atoms with Crippen molar-refractivity contribution in [2.75, 3.05) is 0 Å². The average molecular weight is 233 g/mol. The van der Waals surface area contributed by atoms with Crippen LogP contribution in [0.1, 0.15) is 25.0 Å². The van der Waals surface area contributed by atoms with Gasteiger partial charge in [0, 0.05) is 12.3 Å². The van der Waals surface area contributed by atoms with Gasteiger partial charge >= 0.3 is 6.18 Å². The van der Waals surface area contributed by atoms with Gasteiger partial charge in [0.05, 0.1) is 5.56 Å². The lowest BCUT2D eigenvalue weighted by atomic mass is 10.1. The van der Waals surface area contributed by atoms with E-state index in [0.717, 1.165) is 12.1 Å². The summed E-state index contributed by atoms with van der Waals surface area (Å²) < 4.78 is 49.8. The lowest BCUT2D eigenvalue weighted by molar-refractivity contribution is -0.140. The normalized spacial score (nSPS) is 12.7. The van der Waals surface area contributed by atoms with Gasteiger partial charge in [-0.2, -0.15) is 13.2 Å². The number of hydrogen-bond acceptors (Lipinski definition) is 1. The van der Waals surface area contributed by atoms with Crippen molar-refractivity contribution in [1.29, 1.82) is 0 Å². The molecule has 0 amide bonds. The first-order valence-electron chi connectivity index (χ1n) is 4.70. The van der Waals surface area contributed by atoms with Gasteiger partial charge in [0.2, 0.25) is 0 Å². The molecule has 88 valence electrons. The summed E-state index contributed by atoms with van der Waals surface area (Å²) in [6.45, 7) is 3.63. The van der Waals surface area contributed by atoms with Crippen LogP contribution in [0.3, 0.4) is 0 Å². The number of alkyl halides is 3. The summed E-state index contributed by atoms with van der Waals surface area (Å²) >= 11 is 0. The minimum Gasteiger partial charge on any atom is -0.290 e. The predicted octanol–water partition coefficient (Wildman–Crippen LogP) is 3.67. The Hall–Kier alpha value is -1.39. The molecule has 0 fully saturated rings. The highest BCUT2D eigenvalue weighted by Gasteiger charge is 2.33. The minimum absolute atomic E-state index is 0.0188. The van der Waals surface area contributed by atoms with E-state index in [1.54, 1.807) is 0 Å². The van der Waals surface area contributed by atoms with Crippen molar-refractivity contribution >= 4 is 6.21 Å². The lowest BCUT2D eigenvalue weighted by Gasteiger charge is -2.07. The van der Waals surface area contributed by atoms with E-state index in [1.807, 2.05) is 13.8 Å². The molecule has 0 aromatic heterocycles. The van der Waals surface area contributed by atoms with Crippen LogP contribution >= 0.6 is 0 Å². The monoisotopic (exact) mass is 233 g/mol. The largest absolute Gasteiger partial charge is 0.419 e. The molecule has 1 nitrogen and oxygen atoms in total. The van der Waals surface area contributed by atoms with Gasteiger partial charge in [0.25, 0.3) is 0 Å². The topological polar surface area (TPSA) is 12.4 Å². The molecule has 1 aromatic rings. The van der Waals surface area contributed by atoms with Crippen LogP contribution in [0, 0.1) is 5.82 Å². The van der Waals surface area contributed by atoms with Gasteiger partial charge in [0.15, 0.2) is 0 Å². The van der Waals surface area contributed by atoms with Gasteiger partial charge in [-0.05, 0) is 31.5 Å². The SMILES string of the molecule is CC(C)N=Cc1ccc(C(F)(F)F)c(F)c1. The predicted molar refractivity (Wildman–Crippen MR) is 54.1 cm³/mol. The number of hydrogen-bond donors (Lipinski definition) is 0. The van der Waals surface area contributed by atoms with Crippen molar-refractivity contribution in [3.8, 4) is 0 Å². The van der Waals surface area contributed by atoms with Gasteiger partial charge in [-0.15, -0.1) is 0 Å². The fourth-order valence-corrected chi connectivity index (χ4v) is 1.08. The first-order chi connectivity index (χ1) is 7.30. The Kier molecular flexibility index (Phi) is 3.67. The minimum atomic E-state index is -4.65. The standard InChI is InChI=1S/C11H11F4N/c1-7(2)16-6-8-3-4-9(10(12)5-8)11(13,14)15/h3-7H,1-2H3. The third-order valence-corrected chi connectivity index (χ3v) is 1.82. The van der Waals surface area contributed by atoms with Gasteiger partial charge < -0.3 is 0 Å². The van der Waals surface area contributed by atoms with Crippen molar-refractivity contribution in [3.63, 3.8) is 0 Å². The smallest absolute Gasteiger partial charge is 0.290 e. The molecular weight excluding hydrogens is 222 g/mol. The van der Waals surface area contributed by atoms with Crippen LogP contribution in [0.2, 0.25) is 0 Å². The van der Waals surface area contributed by atoms with Crippen molar-refractivity contribution in [2.24, 2.45) is 4.99 Å². The zero-order valence-electron chi connectivity index (χ0n) is 8.85. The van der Waals surface area contributed by atoms with E-state index in [2.05, 4.69) is 4.99 Å². The van der Waals surface area contributed by atoms with Crippen LogP contribution in [-0.2, 0) is 6.18 Å². The maximum atomic E-state index is 13.1. The maximum absolute atomic E-state index is 13.1. The van der Waals surface area contributed by atoms with Crippen LogP contribution < -0.4 is 0 Å². The maximum Gasteiger partial charge on any atom is 0.419 e. The van der Waals surface area contributed by atoms with Gasteiger partial charge in [-0.25, -0.2) is 4.39 Å². The second kappa shape index (κ2) is 4.63. The zero-order chi connectivity index (χ0) is 12.3. The fourth-order valence-electron chi connectivity index (χ4n) is 1.08. The lowest BCUT2D eigenvalue weighted by Crippen LogP contribution is -2.08. The Morgan fingerprint density at radius 1 is 1.25 bits per heavy atom. The summed E-state index contributed by atoms with van der Waals surface area (Å²) in [5, 5.41) is 0. The summed E-state index contributed by atoms with van der Waals surface area (Å²) in [4.78, 5) is 3.95. The van der Waals surface area contributed by atoms with Crippen molar-refractivity contribution in [1.82, 2.24) is 0 Å². The Labute approximate surface area is 90.8 Å². The summed E-state index contributed by atoms with van der Waals surface area (Å²) in [6, 6.07) is 2.76. The van der Waals surface area contributed by atoms with E-state index in [1.165, 1.54) is 12.3 Å². The third-order valence-electron chi connectivity index (χ3n) is 1.82. The molecule has 5 heteroatoms. The van der Waals surface area contributed by atoms with Crippen molar-refractivity contribution in [3.05, 3.63) is 35.1 Å². The van der Waals surface area contributed by atoms with E-state index in [0.29, 0.717) is 5.56 Å². The van der Waals surface area contributed by atoms with E-state index >= 15 is 0 Å². The average Bonchev–Trinajstić information content (AvgIpc) is 2.12. The number of halogens is 4. The van der Waals surface area contributed by atoms with Crippen LogP contribution in [0.4, 0.5) is 17.6 Å². The van der Waals surface area contributed by atoms with Crippen molar-refractivity contribution in [2.45, 2.75) is 26.1 Å². The Morgan fingerprint density at radius 2 is 1.88 bits per heavy atom. The molecule has 0 saturated heterocycles. The molecule has 0 spiro atoms. The van der Waals surface area contributed by atoms with Crippen LogP contribution in [0.15, 0.2) is 23.2 Å². The first-order valence-corrected chi connectivity index (χ1v) is 4.70. The Bertz CT molecular complexity index is 393.